The normalized spacial score (nSPS) is 16.8. The number of benzene rings is 3. The van der Waals surface area contributed by atoms with Gasteiger partial charge in [-0.05, 0) is 132 Å². The van der Waals surface area contributed by atoms with Crippen LogP contribution in [0.15, 0.2) is 89.5 Å². The average molecular weight is 1160 g/mol. The number of amides is 1. The number of anilines is 4. The molecule has 1 aliphatic carbocycles. The number of nitro benzene ring substituents is 1. The predicted octanol–water partition coefficient (Wildman–Crippen LogP) is 10.3. The van der Waals surface area contributed by atoms with Gasteiger partial charge in [0.15, 0.2) is 0 Å². The number of nitro groups is 1. The SMILES string of the molecule is CC1(C)CCC(CN2CCN(c3ccc(C(=O)NS(=O)(=O)c4ccc(NCCP(=O)(OCCOC(=O)C(C)(C)C)OCOC(=O)C(C)(C)C)c([N+](=O)[O-])c4)c(N4CCOc5nc6[nH]ccc6cc54)c3)CC2)=C(c2ccc(Cl)cc2)C1. The van der Waals surface area contributed by atoms with E-state index in [9.17, 15) is 37.5 Å². The zero-order valence-corrected chi connectivity index (χ0v) is 48.9. The standard InChI is InChI=1S/C56H70ClN8O13PS/c1-54(2,3)52(67)75-28-29-77-79(71,78-36-76-53(68)55(4,5)6)30-21-58-45-16-14-42(33-47(45)65(69)70)80(72,73)61-50(66)43-15-13-41(32-46(43)64-26-27-74-51-48(64)31-38-18-20-59-49(38)60-51)63-24-22-62(23-25-63)35-39-17-19-56(7,8)34-44(39)37-9-11-40(57)12-10-37/h9-16,18,20,31-33,58H,17,19,21-30,34-36H2,1-8H3,(H,59,60)(H,61,66). The molecule has 3 N–H and O–H groups in total. The first-order valence-corrected chi connectivity index (χ1v) is 30.1. The second-order valence-electron chi connectivity index (χ2n) is 22.9. The highest BCUT2D eigenvalue weighted by atomic mass is 35.5. The van der Waals surface area contributed by atoms with Gasteiger partial charge in [-0.2, -0.15) is 4.98 Å². The number of aromatic nitrogens is 2. The Kier molecular flexibility index (Phi) is 18.1. The first-order chi connectivity index (χ1) is 37.7. The molecule has 5 aromatic rings. The number of fused-ring (bicyclic) bond motifs is 2. The molecule has 2 aliphatic heterocycles. The largest absolute Gasteiger partial charge is 0.474 e. The van der Waals surface area contributed by atoms with Gasteiger partial charge < -0.3 is 38.8 Å². The molecular formula is C56H70ClN8O13PS. The summed E-state index contributed by atoms with van der Waals surface area (Å²) >= 11 is 6.28. The molecule has 1 fully saturated rings. The Labute approximate surface area is 471 Å². The molecule has 1 unspecified atom stereocenters. The lowest BCUT2D eigenvalue weighted by Crippen LogP contribution is -2.47. The fourth-order valence-electron chi connectivity index (χ4n) is 9.50. The Bertz CT molecular complexity index is 3330. The number of hydrogen-bond donors (Lipinski definition) is 3. The van der Waals surface area contributed by atoms with Crippen molar-refractivity contribution in [3.05, 3.63) is 111 Å². The van der Waals surface area contributed by atoms with Crippen molar-refractivity contribution >= 4 is 92.1 Å². The molecule has 0 bridgehead atoms. The molecular weight excluding hydrogens is 1090 g/mol. The summed E-state index contributed by atoms with van der Waals surface area (Å²) in [7, 11) is -8.90. The molecule has 4 heterocycles. The van der Waals surface area contributed by atoms with Crippen LogP contribution in [-0.2, 0) is 42.7 Å². The van der Waals surface area contributed by atoms with Gasteiger partial charge in [0.05, 0.1) is 51.2 Å². The van der Waals surface area contributed by atoms with Crippen LogP contribution in [0.2, 0.25) is 5.02 Å². The van der Waals surface area contributed by atoms with E-state index in [1.165, 1.54) is 16.7 Å². The third-order valence-corrected chi connectivity index (χ3v) is 17.5. The van der Waals surface area contributed by atoms with Crippen LogP contribution in [-0.4, -0.2) is 125 Å². The molecule has 0 radical (unpaired) electrons. The van der Waals surface area contributed by atoms with Crippen LogP contribution in [0.5, 0.6) is 5.88 Å². The van der Waals surface area contributed by atoms with Crippen molar-refractivity contribution in [3.8, 4) is 5.88 Å². The number of allylic oxidation sites excluding steroid dienone is 1. The zero-order valence-electron chi connectivity index (χ0n) is 46.4. The maximum Gasteiger partial charge on any atom is 0.335 e. The number of nitrogens with one attached hydrogen (secondary N) is 3. The van der Waals surface area contributed by atoms with E-state index < -0.39 is 74.8 Å². The van der Waals surface area contributed by atoms with Gasteiger partial charge in [-0.15, -0.1) is 0 Å². The molecule has 8 rings (SSSR count). The summed E-state index contributed by atoms with van der Waals surface area (Å²) in [6.07, 6.45) is 4.44. The van der Waals surface area contributed by atoms with Gasteiger partial charge in [-0.3, -0.25) is 38.5 Å². The van der Waals surface area contributed by atoms with E-state index in [0.29, 0.717) is 47.6 Å². The summed E-state index contributed by atoms with van der Waals surface area (Å²) in [6.45, 7) is 17.1. The molecule has 430 valence electrons. The van der Waals surface area contributed by atoms with Crippen molar-refractivity contribution in [2.75, 3.05) is 93.7 Å². The Balaban J connectivity index is 0.996. The van der Waals surface area contributed by atoms with E-state index in [4.69, 9.17) is 34.9 Å². The maximum absolute atomic E-state index is 14.5. The van der Waals surface area contributed by atoms with E-state index in [-0.39, 0.29) is 43.0 Å². The quantitative estimate of drug-likeness (QED) is 0.0163. The Morgan fingerprint density at radius 2 is 1.60 bits per heavy atom. The molecule has 3 aromatic carbocycles. The minimum Gasteiger partial charge on any atom is -0.474 e. The zero-order chi connectivity index (χ0) is 57.8. The summed E-state index contributed by atoms with van der Waals surface area (Å²) < 4.78 is 71.6. The Morgan fingerprint density at radius 1 is 0.887 bits per heavy atom. The van der Waals surface area contributed by atoms with Crippen LogP contribution in [0.3, 0.4) is 0 Å². The maximum atomic E-state index is 14.5. The number of carbonyl (C=O) groups excluding carboxylic acids is 3. The van der Waals surface area contributed by atoms with Crippen molar-refractivity contribution < 1.29 is 55.5 Å². The van der Waals surface area contributed by atoms with E-state index in [1.54, 1.807) is 59.9 Å². The number of halogens is 1. The summed E-state index contributed by atoms with van der Waals surface area (Å²) in [5.74, 6) is -1.82. The van der Waals surface area contributed by atoms with Crippen molar-refractivity contribution in [1.29, 1.82) is 0 Å². The summed E-state index contributed by atoms with van der Waals surface area (Å²) in [5, 5.41) is 16.8. The number of carbonyl (C=O) groups is 3. The average Bonchev–Trinajstić information content (AvgIpc) is 3.88. The number of esters is 2. The lowest BCUT2D eigenvalue weighted by atomic mass is 9.72. The number of H-pyrrole nitrogens is 1. The van der Waals surface area contributed by atoms with Gasteiger partial charge in [0.2, 0.25) is 12.7 Å². The minimum absolute atomic E-state index is 0.0158. The van der Waals surface area contributed by atoms with Crippen molar-refractivity contribution in [3.63, 3.8) is 0 Å². The van der Waals surface area contributed by atoms with E-state index in [0.717, 1.165) is 68.2 Å². The third-order valence-electron chi connectivity index (χ3n) is 14.0. The predicted molar refractivity (Wildman–Crippen MR) is 306 cm³/mol. The van der Waals surface area contributed by atoms with E-state index >= 15 is 0 Å². The lowest BCUT2D eigenvalue weighted by molar-refractivity contribution is -0.384. The summed E-state index contributed by atoms with van der Waals surface area (Å²) in [6, 6.07) is 20.2. The first kappa shape index (κ1) is 59.6. The number of sulfonamides is 1. The second kappa shape index (κ2) is 24.3. The molecule has 80 heavy (non-hydrogen) atoms. The van der Waals surface area contributed by atoms with E-state index in [2.05, 4.69) is 55.8 Å². The summed E-state index contributed by atoms with van der Waals surface area (Å²) in [5.41, 5.74) is 4.09. The van der Waals surface area contributed by atoms with Gasteiger partial charge in [-0.1, -0.05) is 43.2 Å². The number of hydrogen-bond acceptors (Lipinski definition) is 18. The molecule has 1 saturated heterocycles. The Hall–Kier alpha value is -6.55. The number of nitrogens with zero attached hydrogens (tertiary/aromatic N) is 5. The number of ether oxygens (including phenoxy) is 3. The number of aromatic amines is 1. The van der Waals surface area contributed by atoms with Gasteiger partial charge in [0, 0.05) is 67.6 Å². The first-order valence-electron chi connectivity index (χ1n) is 26.5. The molecule has 0 spiro atoms. The van der Waals surface area contributed by atoms with Crippen LogP contribution >= 0.6 is 19.2 Å². The highest BCUT2D eigenvalue weighted by Crippen LogP contribution is 2.48. The second-order valence-corrected chi connectivity index (χ2v) is 27.2. The topological polar surface area (TPSA) is 254 Å². The molecule has 3 aliphatic rings. The van der Waals surface area contributed by atoms with Crippen molar-refractivity contribution in [2.45, 2.75) is 79.5 Å². The highest BCUT2D eigenvalue weighted by Gasteiger charge is 2.34. The molecule has 1 amide bonds. The third kappa shape index (κ3) is 14.7. The monoisotopic (exact) mass is 1160 g/mol. The molecule has 2 aromatic heterocycles. The van der Waals surface area contributed by atoms with Crippen LogP contribution in [0.1, 0.15) is 90.6 Å². The number of piperazine rings is 1. The van der Waals surface area contributed by atoms with Gasteiger partial charge in [0.25, 0.3) is 21.6 Å². The molecule has 21 nitrogen and oxygen atoms in total. The van der Waals surface area contributed by atoms with Crippen molar-refractivity contribution in [1.82, 2.24) is 19.6 Å². The van der Waals surface area contributed by atoms with Gasteiger partial charge in [0.1, 0.15) is 30.2 Å². The van der Waals surface area contributed by atoms with Crippen molar-refractivity contribution in [2.24, 2.45) is 16.2 Å². The van der Waals surface area contributed by atoms with Crippen LogP contribution < -0.4 is 24.6 Å². The molecule has 24 heteroatoms. The molecule has 1 atom stereocenters. The highest BCUT2D eigenvalue weighted by molar-refractivity contribution is 7.90. The van der Waals surface area contributed by atoms with Crippen LogP contribution in [0.4, 0.5) is 28.4 Å². The Morgan fingerprint density at radius 3 is 2.30 bits per heavy atom. The minimum atomic E-state index is -4.77. The van der Waals surface area contributed by atoms with E-state index in [1.807, 2.05) is 35.2 Å². The van der Waals surface area contributed by atoms with Crippen LogP contribution in [0.25, 0.3) is 16.6 Å². The van der Waals surface area contributed by atoms with Gasteiger partial charge in [-0.25, -0.2) is 13.1 Å². The number of pyridine rings is 1. The summed E-state index contributed by atoms with van der Waals surface area (Å²) in [4.78, 5) is 64.7. The fraction of sp³-hybridized carbons (Fsp3) is 0.464. The fourth-order valence-corrected chi connectivity index (χ4v) is 11.9. The van der Waals surface area contributed by atoms with Crippen LogP contribution in [0, 0.1) is 26.4 Å². The smallest absolute Gasteiger partial charge is 0.335 e. The molecule has 0 saturated carbocycles. The van der Waals surface area contributed by atoms with Gasteiger partial charge >= 0.3 is 19.5 Å². The lowest BCUT2D eigenvalue weighted by Gasteiger charge is -2.39. The number of rotatable bonds is 20.